The minimum absolute atomic E-state index is 0.283. The highest BCUT2D eigenvalue weighted by Gasteiger charge is 2.13. The first kappa shape index (κ1) is 20.7. The molecule has 3 rings (SSSR count). The van der Waals surface area contributed by atoms with Gasteiger partial charge in [0.1, 0.15) is 11.5 Å². The molecule has 1 heterocycles. The summed E-state index contributed by atoms with van der Waals surface area (Å²) in [6, 6.07) is 13.6. The normalized spacial score (nSPS) is 10.2. The van der Waals surface area contributed by atoms with Crippen LogP contribution in [0.5, 0.6) is 23.0 Å². The van der Waals surface area contributed by atoms with Crippen molar-refractivity contribution >= 4 is 17.5 Å². The molecule has 0 atom stereocenters. The highest BCUT2D eigenvalue weighted by atomic mass is 16.5. The zero-order valence-corrected chi connectivity index (χ0v) is 16.5. The van der Waals surface area contributed by atoms with Crippen LogP contribution in [-0.2, 0) is 4.79 Å². The van der Waals surface area contributed by atoms with Crippen LogP contribution in [0.1, 0.15) is 15.9 Å². The number of amides is 2. The van der Waals surface area contributed by atoms with Gasteiger partial charge in [0, 0.05) is 17.4 Å². The third-order valence-electron chi connectivity index (χ3n) is 4.09. The number of rotatable bonds is 8. The number of ether oxygens (including phenoxy) is 3. The summed E-state index contributed by atoms with van der Waals surface area (Å²) in [5.41, 5.74) is 6.91. The SMILES string of the molecule is COc1cc(C(=O)Nc2ccc(Oc3cccnc3)c(C)c2)ccc1OCC(N)=O. The molecule has 0 aliphatic heterocycles. The number of nitrogens with two attached hydrogens (primary N) is 1. The number of primary amides is 1. The number of nitrogens with one attached hydrogen (secondary N) is 1. The monoisotopic (exact) mass is 407 g/mol. The average molecular weight is 407 g/mol. The molecule has 2 amide bonds. The Kier molecular flexibility index (Phi) is 6.49. The van der Waals surface area contributed by atoms with E-state index >= 15 is 0 Å². The Morgan fingerprint density at radius 3 is 2.53 bits per heavy atom. The van der Waals surface area contributed by atoms with Crippen molar-refractivity contribution in [3.8, 4) is 23.0 Å². The summed E-state index contributed by atoms with van der Waals surface area (Å²) in [5.74, 6) is 1.00. The summed E-state index contributed by atoms with van der Waals surface area (Å²) < 4.78 is 16.3. The van der Waals surface area contributed by atoms with Crippen LogP contribution in [0, 0.1) is 6.92 Å². The van der Waals surface area contributed by atoms with Crippen molar-refractivity contribution < 1.29 is 23.8 Å². The molecule has 0 aliphatic carbocycles. The number of carbonyl (C=O) groups excluding carboxylic acids is 2. The van der Waals surface area contributed by atoms with E-state index in [1.807, 2.05) is 19.1 Å². The van der Waals surface area contributed by atoms with Gasteiger partial charge < -0.3 is 25.3 Å². The second-order valence-corrected chi connectivity index (χ2v) is 6.35. The fourth-order valence-corrected chi connectivity index (χ4v) is 2.66. The van der Waals surface area contributed by atoms with E-state index in [-0.39, 0.29) is 12.5 Å². The summed E-state index contributed by atoms with van der Waals surface area (Å²) in [5, 5.41) is 2.83. The molecule has 0 bridgehead atoms. The first-order chi connectivity index (χ1) is 14.5. The molecule has 8 heteroatoms. The van der Waals surface area contributed by atoms with E-state index in [4.69, 9.17) is 19.9 Å². The van der Waals surface area contributed by atoms with Gasteiger partial charge in [-0.15, -0.1) is 0 Å². The van der Waals surface area contributed by atoms with E-state index in [9.17, 15) is 9.59 Å². The van der Waals surface area contributed by atoms with E-state index in [1.165, 1.54) is 13.2 Å². The Morgan fingerprint density at radius 2 is 1.87 bits per heavy atom. The van der Waals surface area contributed by atoms with Gasteiger partial charge >= 0.3 is 0 Å². The van der Waals surface area contributed by atoms with Gasteiger partial charge in [-0.1, -0.05) is 0 Å². The van der Waals surface area contributed by atoms with Gasteiger partial charge in [-0.2, -0.15) is 0 Å². The number of benzene rings is 2. The van der Waals surface area contributed by atoms with Gasteiger partial charge in [-0.05, 0) is 61.0 Å². The fraction of sp³-hybridized carbons (Fsp3) is 0.136. The maximum atomic E-state index is 12.6. The lowest BCUT2D eigenvalue weighted by Gasteiger charge is -2.13. The maximum Gasteiger partial charge on any atom is 0.255 e. The standard InChI is InChI=1S/C22H21N3O5/c1-14-10-16(6-8-18(14)30-17-4-3-9-24-12-17)25-22(27)15-5-7-19(20(11-15)28-2)29-13-21(23)26/h3-12H,13H2,1-2H3,(H2,23,26)(H,25,27). The van der Waals surface area contributed by atoms with Crippen LogP contribution in [0.25, 0.3) is 0 Å². The minimum Gasteiger partial charge on any atom is -0.493 e. The van der Waals surface area contributed by atoms with Crippen molar-refractivity contribution in [2.75, 3.05) is 19.0 Å². The van der Waals surface area contributed by atoms with Gasteiger partial charge in [0.15, 0.2) is 18.1 Å². The zero-order chi connectivity index (χ0) is 21.5. The lowest BCUT2D eigenvalue weighted by Crippen LogP contribution is -2.20. The molecule has 2 aromatic carbocycles. The quantitative estimate of drug-likeness (QED) is 0.592. The number of hydrogen-bond donors (Lipinski definition) is 2. The van der Waals surface area contributed by atoms with Gasteiger partial charge in [-0.25, -0.2) is 0 Å². The van der Waals surface area contributed by atoms with Crippen LogP contribution in [0.4, 0.5) is 5.69 Å². The number of anilines is 1. The topological polar surface area (TPSA) is 113 Å². The molecule has 0 saturated carbocycles. The number of hydrogen-bond acceptors (Lipinski definition) is 6. The van der Waals surface area contributed by atoms with Crippen LogP contribution in [0.3, 0.4) is 0 Å². The molecule has 30 heavy (non-hydrogen) atoms. The summed E-state index contributed by atoms with van der Waals surface area (Å²) in [7, 11) is 1.44. The molecule has 0 saturated heterocycles. The number of aryl methyl sites for hydroxylation is 1. The first-order valence-corrected chi connectivity index (χ1v) is 9.05. The largest absolute Gasteiger partial charge is 0.493 e. The van der Waals surface area contributed by atoms with Crippen LogP contribution in [0.15, 0.2) is 60.9 Å². The average Bonchev–Trinajstić information content (AvgIpc) is 2.74. The molecule has 0 unspecified atom stereocenters. The Balaban J connectivity index is 1.71. The van der Waals surface area contributed by atoms with Crippen molar-refractivity contribution in [3.05, 3.63) is 72.1 Å². The summed E-state index contributed by atoms with van der Waals surface area (Å²) in [6.45, 7) is 1.60. The maximum absolute atomic E-state index is 12.6. The number of pyridine rings is 1. The number of methoxy groups -OCH3 is 1. The molecule has 8 nitrogen and oxygen atoms in total. The highest BCUT2D eigenvalue weighted by Crippen LogP contribution is 2.29. The molecule has 154 valence electrons. The first-order valence-electron chi connectivity index (χ1n) is 9.05. The Bertz CT molecular complexity index is 1050. The number of aromatic nitrogens is 1. The van der Waals surface area contributed by atoms with Crippen LogP contribution in [0.2, 0.25) is 0 Å². The third kappa shape index (κ3) is 5.26. The van der Waals surface area contributed by atoms with Crippen molar-refractivity contribution in [2.24, 2.45) is 5.73 Å². The second-order valence-electron chi connectivity index (χ2n) is 6.35. The molecule has 3 N–H and O–H groups in total. The van der Waals surface area contributed by atoms with Crippen molar-refractivity contribution in [1.82, 2.24) is 4.98 Å². The van der Waals surface area contributed by atoms with E-state index < -0.39 is 5.91 Å². The zero-order valence-electron chi connectivity index (χ0n) is 16.5. The summed E-state index contributed by atoms with van der Waals surface area (Å²) in [6.07, 6.45) is 3.29. The molecule has 0 spiro atoms. The molecule has 1 aromatic heterocycles. The lowest BCUT2D eigenvalue weighted by molar-refractivity contribution is -0.119. The minimum atomic E-state index is -0.606. The van der Waals surface area contributed by atoms with Gasteiger partial charge in [0.05, 0.1) is 13.3 Å². The van der Waals surface area contributed by atoms with Crippen molar-refractivity contribution in [3.63, 3.8) is 0 Å². The highest BCUT2D eigenvalue weighted by molar-refractivity contribution is 6.04. The predicted octanol–water partition coefficient (Wildman–Crippen LogP) is 3.31. The van der Waals surface area contributed by atoms with Crippen molar-refractivity contribution in [1.29, 1.82) is 0 Å². The second kappa shape index (κ2) is 9.42. The summed E-state index contributed by atoms with van der Waals surface area (Å²) >= 11 is 0. The van der Waals surface area contributed by atoms with Crippen LogP contribution >= 0.6 is 0 Å². The smallest absolute Gasteiger partial charge is 0.255 e. The van der Waals surface area contributed by atoms with Crippen LogP contribution in [-0.4, -0.2) is 30.5 Å². The van der Waals surface area contributed by atoms with Gasteiger partial charge in [0.25, 0.3) is 11.8 Å². The Hall–Kier alpha value is -4.07. The molecule has 3 aromatic rings. The lowest BCUT2D eigenvalue weighted by atomic mass is 10.1. The fourth-order valence-electron chi connectivity index (χ4n) is 2.66. The molecule has 0 fully saturated rings. The van der Waals surface area contributed by atoms with E-state index in [0.29, 0.717) is 34.2 Å². The molecular formula is C22H21N3O5. The third-order valence-corrected chi connectivity index (χ3v) is 4.09. The molecule has 0 radical (unpaired) electrons. The van der Waals surface area contributed by atoms with Gasteiger partial charge in [0.2, 0.25) is 0 Å². The van der Waals surface area contributed by atoms with E-state index in [1.54, 1.807) is 42.7 Å². The Morgan fingerprint density at radius 1 is 1.07 bits per heavy atom. The predicted molar refractivity (Wildman–Crippen MR) is 111 cm³/mol. The van der Waals surface area contributed by atoms with Crippen LogP contribution < -0.4 is 25.3 Å². The number of nitrogens with zero attached hydrogens (tertiary/aromatic N) is 1. The summed E-state index contributed by atoms with van der Waals surface area (Å²) in [4.78, 5) is 27.5. The van der Waals surface area contributed by atoms with E-state index in [0.717, 1.165) is 5.56 Å². The molecular weight excluding hydrogens is 386 g/mol. The van der Waals surface area contributed by atoms with E-state index in [2.05, 4.69) is 10.3 Å². The van der Waals surface area contributed by atoms with Gasteiger partial charge in [-0.3, -0.25) is 14.6 Å². The van der Waals surface area contributed by atoms with Crippen molar-refractivity contribution in [2.45, 2.75) is 6.92 Å². The number of carbonyl (C=O) groups is 2. The Labute approximate surface area is 173 Å². The molecule has 0 aliphatic rings.